The lowest BCUT2D eigenvalue weighted by atomic mass is 10.2. The van der Waals surface area contributed by atoms with Gasteiger partial charge in [0.25, 0.3) is 0 Å². The summed E-state index contributed by atoms with van der Waals surface area (Å²) < 4.78 is 0. The van der Waals surface area contributed by atoms with Crippen LogP contribution in [-0.4, -0.2) is 15.7 Å². The van der Waals surface area contributed by atoms with Crippen molar-refractivity contribution in [3.63, 3.8) is 0 Å². The van der Waals surface area contributed by atoms with Gasteiger partial charge in [-0.2, -0.15) is 0 Å². The molecule has 0 bridgehead atoms. The van der Waals surface area contributed by atoms with Crippen molar-refractivity contribution in [1.82, 2.24) is 9.97 Å². The summed E-state index contributed by atoms with van der Waals surface area (Å²) in [6.07, 6.45) is 0. The number of nitrogens with zero attached hydrogens (tertiary/aromatic N) is 2. The zero-order valence-corrected chi connectivity index (χ0v) is 12.1. The molecule has 2 heterocycles. The molecule has 0 atom stereocenters. The van der Waals surface area contributed by atoms with Crippen LogP contribution < -0.4 is 5.73 Å². The second kappa shape index (κ2) is 5.19. The Morgan fingerprint density at radius 2 is 1.95 bits per heavy atom. The molecule has 3 rings (SSSR count). The summed E-state index contributed by atoms with van der Waals surface area (Å²) in [5.74, 6) is 2.32. The van der Waals surface area contributed by atoms with Crippen molar-refractivity contribution in [3.8, 4) is 11.4 Å². The SMILES string of the molecule is CCSc1ccc(-c2nc(N)c3ccsc3n2)cc1. The third-order valence-corrected chi connectivity index (χ3v) is 4.48. The molecule has 0 aliphatic rings. The highest BCUT2D eigenvalue weighted by Crippen LogP contribution is 2.27. The second-order valence-electron chi connectivity index (χ2n) is 4.03. The molecule has 0 aliphatic heterocycles. The minimum absolute atomic E-state index is 0.549. The fraction of sp³-hybridized carbons (Fsp3) is 0.143. The molecule has 0 radical (unpaired) electrons. The van der Waals surface area contributed by atoms with Gasteiger partial charge in [-0.05, 0) is 29.3 Å². The van der Waals surface area contributed by atoms with Crippen LogP contribution in [0.3, 0.4) is 0 Å². The highest BCUT2D eigenvalue weighted by molar-refractivity contribution is 7.99. The predicted octanol–water partition coefficient (Wildman–Crippen LogP) is 4.05. The van der Waals surface area contributed by atoms with Crippen LogP contribution in [0, 0.1) is 0 Å². The van der Waals surface area contributed by atoms with Gasteiger partial charge < -0.3 is 5.73 Å². The third-order valence-electron chi connectivity index (χ3n) is 2.78. The molecule has 0 amide bonds. The van der Waals surface area contributed by atoms with Gasteiger partial charge in [-0.15, -0.1) is 23.1 Å². The second-order valence-corrected chi connectivity index (χ2v) is 6.26. The molecule has 0 saturated heterocycles. The number of thiophene rings is 1. The van der Waals surface area contributed by atoms with E-state index in [0.717, 1.165) is 21.5 Å². The summed E-state index contributed by atoms with van der Waals surface area (Å²) in [5, 5.41) is 2.92. The van der Waals surface area contributed by atoms with E-state index in [-0.39, 0.29) is 0 Å². The van der Waals surface area contributed by atoms with Gasteiger partial charge in [-0.25, -0.2) is 9.97 Å². The van der Waals surface area contributed by atoms with E-state index in [2.05, 4.69) is 29.0 Å². The molecular formula is C14H13N3S2. The quantitative estimate of drug-likeness (QED) is 0.738. The Morgan fingerprint density at radius 1 is 1.16 bits per heavy atom. The Hall–Kier alpha value is -1.59. The Balaban J connectivity index is 2.03. The van der Waals surface area contributed by atoms with E-state index in [4.69, 9.17) is 5.73 Å². The summed E-state index contributed by atoms with van der Waals surface area (Å²) in [5.41, 5.74) is 6.97. The van der Waals surface area contributed by atoms with Gasteiger partial charge in [0.05, 0.1) is 5.39 Å². The van der Waals surface area contributed by atoms with Crippen LogP contribution in [0.4, 0.5) is 5.82 Å². The van der Waals surface area contributed by atoms with Crippen molar-refractivity contribution in [3.05, 3.63) is 35.7 Å². The molecule has 3 aromatic rings. The molecule has 19 heavy (non-hydrogen) atoms. The van der Waals surface area contributed by atoms with Gasteiger partial charge in [-0.1, -0.05) is 19.1 Å². The summed E-state index contributed by atoms with van der Waals surface area (Å²) in [6.45, 7) is 2.15. The standard InChI is InChI=1S/C14H13N3S2/c1-2-18-10-5-3-9(4-6-10)13-16-12(15)11-7-8-19-14(11)17-13/h3-8H,2H2,1H3,(H2,15,16,17). The van der Waals surface area contributed by atoms with Crippen LogP contribution in [0.2, 0.25) is 0 Å². The minimum Gasteiger partial charge on any atom is -0.383 e. The summed E-state index contributed by atoms with van der Waals surface area (Å²) >= 11 is 3.41. The molecule has 0 spiro atoms. The lowest BCUT2D eigenvalue weighted by Gasteiger charge is -2.04. The van der Waals surface area contributed by atoms with Crippen molar-refractivity contribution in [1.29, 1.82) is 0 Å². The van der Waals surface area contributed by atoms with Crippen LogP contribution >= 0.6 is 23.1 Å². The Morgan fingerprint density at radius 3 is 2.68 bits per heavy atom. The zero-order valence-electron chi connectivity index (χ0n) is 10.5. The van der Waals surface area contributed by atoms with E-state index >= 15 is 0 Å². The third kappa shape index (κ3) is 2.43. The van der Waals surface area contributed by atoms with Crippen molar-refractivity contribution in [2.75, 3.05) is 11.5 Å². The van der Waals surface area contributed by atoms with E-state index in [0.29, 0.717) is 11.6 Å². The number of thioether (sulfide) groups is 1. The van der Waals surface area contributed by atoms with E-state index < -0.39 is 0 Å². The van der Waals surface area contributed by atoms with Crippen LogP contribution in [-0.2, 0) is 0 Å². The number of anilines is 1. The van der Waals surface area contributed by atoms with Gasteiger partial charge >= 0.3 is 0 Å². The van der Waals surface area contributed by atoms with Gasteiger partial charge in [0.1, 0.15) is 10.6 Å². The molecular weight excluding hydrogens is 274 g/mol. The highest BCUT2D eigenvalue weighted by Gasteiger charge is 2.08. The average molecular weight is 287 g/mol. The monoisotopic (exact) mass is 287 g/mol. The summed E-state index contributed by atoms with van der Waals surface area (Å²) in [7, 11) is 0. The molecule has 5 heteroatoms. The summed E-state index contributed by atoms with van der Waals surface area (Å²) in [4.78, 5) is 11.1. The predicted molar refractivity (Wildman–Crippen MR) is 83.7 cm³/mol. The number of hydrogen-bond donors (Lipinski definition) is 1. The van der Waals surface area contributed by atoms with E-state index in [1.165, 1.54) is 4.90 Å². The van der Waals surface area contributed by atoms with Crippen molar-refractivity contribution < 1.29 is 0 Å². The molecule has 2 aromatic heterocycles. The lowest BCUT2D eigenvalue weighted by molar-refractivity contribution is 1.24. The topological polar surface area (TPSA) is 51.8 Å². The van der Waals surface area contributed by atoms with Crippen LogP contribution in [0.5, 0.6) is 0 Å². The molecule has 3 nitrogen and oxygen atoms in total. The van der Waals surface area contributed by atoms with E-state index in [1.807, 2.05) is 35.3 Å². The molecule has 0 aliphatic carbocycles. The number of benzene rings is 1. The Kier molecular flexibility index (Phi) is 3.40. The number of rotatable bonds is 3. The van der Waals surface area contributed by atoms with Crippen molar-refractivity contribution in [2.45, 2.75) is 11.8 Å². The maximum absolute atomic E-state index is 5.97. The first kappa shape index (κ1) is 12.4. The zero-order chi connectivity index (χ0) is 13.2. The molecule has 2 N–H and O–H groups in total. The van der Waals surface area contributed by atoms with Crippen LogP contribution in [0.1, 0.15) is 6.92 Å². The van der Waals surface area contributed by atoms with Crippen molar-refractivity contribution in [2.24, 2.45) is 0 Å². The number of aromatic nitrogens is 2. The Bertz CT molecular complexity index is 704. The lowest BCUT2D eigenvalue weighted by Crippen LogP contribution is -1.95. The first-order chi connectivity index (χ1) is 9.28. The van der Waals surface area contributed by atoms with E-state index in [9.17, 15) is 0 Å². The van der Waals surface area contributed by atoms with Crippen LogP contribution in [0.15, 0.2) is 40.6 Å². The smallest absolute Gasteiger partial charge is 0.163 e. The molecule has 0 unspecified atom stereocenters. The van der Waals surface area contributed by atoms with Gasteiger partial charge in [0, 0.05) is 10.5 Å². The van der Waals surface area contributed by atoms with E-state index in [1.54, 1.807) is 11.3 Å². The van der Waals surface area contributed by atoms with Gasteiger partial charge in [-0.3, -0.25) is 0 Å². The largest absolute Gasteiger partial charge is 0.383 e. The minimum atomic E-state index is 0.549. The van der Waals surface area contributed by atoms with Crippen molar-refractivity contribution >= 4 is 39.1 Å². The normalized spacial score (nSPS) is 11.0. The maximum atomic E-state index is 5.97. The average Bonchev–Trinajstić information content (AvgIpc) is 2.89. The number of nitrogen functional groups attached to an aromatic ring is 1. The molecule has 1 aromatic carbocycles. The summed E-state index contributed by atoms with van der Waals surface area (Å²) in [6, 6.07) is 10.3. The maximum Gasteiger partial charge on any atom is 0.163 e. The highest BCUT2D eigenvalue weighted by atomic mass is 32.2. The molecule has 0 fully saturated rings. The van der Waals surface area contributed by atoms with Gasteiger partial charge in [0.15, 0.2) is 5.82 Å². The number of nitrogens with two attached hydrogens (primary N) is 1. The fourth-order valence-corrected chi connectivity index (χ4v) is 3.31. The number of fused-ring (bicyclic) bond motifs is 1. The van der Waals surface area contributed by atoms with Gasteiger partial charge in [0.2, 0.25) is 0 Å². The molecule has 96 valence electrons. The van der Waals surface area contributed by atoms with Crippen LogP contribution in [0.25, 0.3) is 21.6 Å². The number of hydrogen-bond acceptors (Lipinski definition) is 5. The first-order valence-electron chi connectivity index (χ1n) is 6.02. The fourth-order valence-electron chi connectivity index (χ4n) is 1.87. The Labute approximate surface area is 119 Å². The first-order valence-corrected chi connectivity index (χ1v) is 7.88. The molecule has 0 saturated carbocycles.